The molecule has 0 N–H and O–H groups in total. The lowest BCUT2D eigenvalue weighted by atomic mass is 9.94. The molecule has 1 aliphatic carbocycles. The van der Waals surface area contributed by atoms with E-state index in [-0.39, 0.29) is 0 Å². The minimum absolute atomic E-state index is 0.425. The van der Waals surface area contributed by atoms with E-state index in [0.29, 0.717) is 12.2 Å². The number of alkyl halides is 3. The van der Waals surface area contributed by atoms with Crippen LogP contribution in [0.5, 0.6) is 5.75 Å². The lowest BCUT2D eigenvalue weighted by Crippen LogP contribution is -2.31. The highest BCUT2D eigenvalue weighted by Gasteiger charge is 2.31. The van der Waals surface area contributed by atoms with Crippen molar-refractivity contribution in [2.75, 3.05) is 0 Å². The van der Waals surface area contributed by atoms with E-state index in [1.165, 1.54) is 12.1 Å². The van der Waals surface area contributed by atoms with Crippen molar-refractivity contribution in [2.24, 2.45) is 0 Å². The fourth-order valence-corrected chi connectivity index (χ4v) is 2.23. The Bertz CT molecular complexity index is 567. The summed E-state index contributed by atoms with van der Waals surface area (Å²) in [5.74, 6) is 0.425. The van der Waals surface area contributed by atoms with Crippen molar-refractivity contribution in [3.8, 4) is 5.75 Å². The standard InChI is InChI=1S/C18H19F3O/c1-2-3-5-12-17(13-6-4-7-14-17)22-16-10-8-15(9-11-16)18(19,20)21/h4-13H,2-3,14H2,1H3/b12-5+. The molecule has 1 atom stereocenters. The van der Waals surface area contributed by atoms with Crippen molar-refractivity contribution in [3.63, 3.8) is 0 Å². The molecule has 4 heteroatoms. The third-order valence-electron chi connectivity index (χ3n) is 3.41. The number of ether oxygens (including phenoxy) is 1. The molecule has 0 amide bonds. The molecule has 22 heavy (non-hydrogen) atoms. The van der Waals surface area contributed by atoms with Gasteiger partial charge in [-0.3, -0.25) is 0 Å². The summed E-state index contributed by atoms with van der Waals surface area (Å²) in [4.78, 5) is 0. The van der Waals surface area contributed by atoms with Crippen LogP contribution in [0.4, 0.5) is 13.2 Å². The molecule has 0 bridgehead atoms. The summed E-state index contributed by atoms with van der Waals surface area (Å²) >= 11 is 0. The normalized spacial score (nSPS) is 21.5. The van der Waals surface area contributed by atoms with Crippen LogP contribution in [0, 0.1) is 0 Å². The van der Waals surface area contributed by atoms with Crippen molar-refractivity contribution in [1.82, 2.24) is 0 Å². The highest BCUT2D eigenvalue weighted by atomic mass is 19.4. The Hall–Kier alpha value is -1.97. The van der Waals surface area contributed by atoms with E-state index in [1.807, 2.05) is 36.5 Å². The van der Waals surface area contributed by atoms with Crippen LogP contribution in [0.2, 0.25) is 0 Å². The SMILES string of the molecule is CCC/C=C/C1(Oc2ccc(C(F)(F)F)cc2)C=CC=CC1. The molecule has 118 valence electrons. The van der Waals surface area contributed by atoms with Gasteiger partial charge in [0.25, 0.3) is 0 Å². The molecule has 0 fully saturated rings. The summed E-state index contributed by atoms with van der Waals surface area (Å²) in [5, 5.41) is 0. The van der Waals surface area contributed by atoms with Gasteiger partial charge in [-0.15, -0.1) is 0 Å². The van der Waals surface area contributed by atoms with E-state index in [0.717, 1.165) is 25.0 Å². The molecule has 0 aliphatic heterocycles. The summed E-state index contributed by atoms with van der Waals surface area (Å²) in [6.45, 7) is 2.09. The molecule has 0 spiro atoms. The van der Waals surface area contributed by atoms with Crippen LogP contribution in [0.1, 0.15) is 31.7 Å². The first kappa shape index (κ1) is 16.4. The molecule has 1 unspecified atom stereocenters. The summed E-state index contributed by atoms with van der Waals surface area (Å²) in [6, 6.07) is 4.82. The van der Waals surface area contributed by atoms with Crippen molar-refractivity contribution < 1.29 is 17.9 Å². The lowest BCUT2D eigenvalue weighted by molar-refractivity contribution is -0.137. The third-order valence-corrected chi connectivity index (χ3v) is 3.41. The molecule has 1 aromatic carbocycles. The second-order valence-corrected chi connectivity index (χ2v) is 5.26. The van der Waals surface area contributed by atoms with Crippen LogP contribution in [-0.4, -0.2) is 5.60 Å². The average Bonchev–Trinajstić information content (AvgIpc) is 2.48. The maximum Gasteiger partial charge on any atom is 0.416 e. The zero-order chi connectivity index (χ0) is 16.1. The minimum Gasteiger partial charge on any atom is -0.479 e. The molecule has 1 nitrogen and oxygen atoms in total. The highest BCUT2D eigenvalue weighted by molar-refractivity contribution is 5.33. The molecular formula is C18H19F3O. The topological polar surface area (TPSA) is 9.23 Å². The molecule has 0 saturated heterocycles. The van der Waals surface area contributed by atoms with Crippen LogP contribution in [0.25, 0.3) is 0 Å². The van der Waals surface area contributed by atoms with Gasteiger partial charge < -0.3 is 4.74 Å². The number of allylic oxidation sites excluding steroid dienone is 3. The van der Waals surface area contributed by atoms with Crippen molar-refractivity contribution in [1.29, 1.82) is 0 Å². The fraction of sp³-hybridized carbons (Fsp3) is 0.333. The molecule has 0 heterocycles. The number of hydrogen-bond donors (Lipinski definition) is 0. The van der Waals surface area contributed by atoms with Crippen LogP contribution < -0.4 is 4.74 Å². The number of halogens is 3. The molecule has 1 aliphatic rings. The third kappa shape index (κ3) is 4.26. The summed E-state index contributed by atoms with van der Waals surface area (Å²) in [5.41, 5.74) is -1.29. The smallest absolute Gasteiger partial charge is 0.416 e. The average molecular weight is 308 g/mol. The fourth-order valence-electron chi connectivity index (χ4n) is 2.23. The zero-order valence-corrected chi connectivity index (χ0v) is 12.4. The largest absolute Gasteiger partial charge is 0.479 e. The van der Waals surface area contributed by atoms with Crippen molar-refractivity contribution in [3.05, 3.63) is 66.3 Å². The summed E-state index contributed by atoms with van der Waals surface area (Å²) in [6.07, 6.45) is 10.1. The van der Waals surface area contributed by atoms with Gasteiger partial charge in [-0.05, 0) is 42.8 Å². The van der Waals surface area contributed by atoms with E-state index in [1.54, 1.807) is 0 Å². The van der Waals surface area contributed by atoms with E-state index >= 15 is 0 Å². The Balaban J connectivity index is 2.17. The van der Waals surface area contributed by atoms with Gasteiger partial charge >= 0.3 is 6.18 Å². The second-order valence-electron chi connectivity index (χ2n) is 5.26. The zero-order valence-electron chi connectivity index (χ0n) is 12.4. The molecule has 2 rings (SSSR count). The Kier molecular flexibility index (Phi) is 5.11. The van der Waals surface area contributed by atoms with E-state index in [9.17, 15) is 13.2 Å². The van der Waals surface area contributed by atoms with E-state index < -0.39 is 17.3 Å². The molecule has 1 aromatic rings. The highest BCUT2D eigenvalue weighted by Crippen LogP contribution is 2.32. The molecule has 0 aromatic heterocycles. The first-order chi connectivity index (χ1) is 10.5. The predicted molar refractivity (Wildman–Crippen MR) is 81.7 cm³/mol. The summed E-state index contributed by atoms with van der Waals surface area (Å²) < 4.78 is 43.7. The molecular weight excluding hydrogens is 289 g/mol. The Labute approximate surface area is 128 Å². The van der Waals surface area contributed by atoms with Gasteiger partial charge in [0.1, 0.15) is 11.4 Å². The number of benzene rings is 1. The van der Waals surface area contributed by atoms with Gasteiger partial charge in [-0.25, -0.2) is 0 Å². The van der Waals surface area contributed by atoms with Crippen molar-refractivity contribution in [2.45, 2.75) is 38.0 Å². The lowest BCUT2D eigenvalue weighted by Gasteiger charge is -2.29. The van der Waals surface area contributed by atoms with Gasteiger partial charge in [-0.2, -0.15) is 13.2 Å². The van der Waals surface area contributed by atoms with Crippen LogP contribution in [0.3, 0.4) is 0 Å². The first-order valence-electron chi connectivity index (χ1n) is 7.33. The van der Waals surface area contributed by atoms with Crippen LogP contribution in [-0.2, 0) is 6.18 Å². The van der Waals surface area contributed by atoms with Gasteiger partial charge in [0, 0.05) is 6.42 Å². The van der Waals surface area contributed by atoms with E-state index in [2.05, 4.69) is 6.92 Å². The number of unbranched alkanes of at least 4 members (excludes halogenated alkanes) is 1. The predicted octanol–water partition coefficient (Wildman–Crippen LogP) is 5.70. The molecule has 0 radical (unpaired) electrons. The molecule has 0 saturated carbocycles. The Morgan fingerprint density at radius 1 is 1.18 bits per heavy atom. The maximum atomic E-state index is 12.6. The van der Waals surface area contributed by atoms with Gasteiger partial charge in [0.05, 0.1) is 5.56 Å². The number of hydrogen-bond acceptors (Lipinski definition) is 1. The summed E-state index contributed by atoms with van der Waals surface area (Å²) in [7, 11) is 0. The Morgan fingerprint density at radius 2 is 1.91 bits per heavy atom. The van der Waals surface area contributed by atoms with Gasteiger partial charge in [0.15, 0.2) is 0 Å². The maximum absolute atomic E-state index is 12.6. The monoisotopic (exact) mass is 308 g/mol. The van der Waals surface area contributed by atoms with Gasteiger partial charge in [0.2, 0.25) is 0 Å². The van der Waals surface area contributed by atoms with Crippen LogP contribution in [0.15, 0.2) is 60.7 Å². The first-order valence-corrected chi connectivity index (χ1v) is 7.33. The van der Waals surface area contributed by atoms with Crippen LogP contribution >= 0.6 is 0 Å². The second kappa shape index (κ2) is 6.86. The van der Waals surface area contributed by atoms with Gasteiger partial charge in [-0.1, -0.05) is 37.6 Å². The van der Waals surface area contributed by atoms with E-state index in [4.69, 9.17) is 4.74 Å². The Morgan fingerprint density at radius 3 is 2.45 bits per heavy atom. The minimum atomic E-state index is -4.33. The van der Waals surface area contributed by atoms with Crippen molar-refractivity contribution >= 4 is 0 Å². The quantitative estimate of drug-likeness (QED) is 0.634. The number of rotatable bonds is 5.